The number of hydrogen-bond acceptors (Lipinski definition) is 10. The molecule has 3 heterocycles. The second-order valence-corrected chi connectivity index (χ2v) is 10.6. The Morgan fingerprint density at radius 1 is 1.12 bits per heavy atom. The van der Waals surface area contributed by atoms with Gasteiger partial charge >= 0.3 is 0 Å². The number of benzene rings is 1. The molecule has 41 heavy (non-hydrogen) atoms. The van der Waals surface area contributed by atoms with E-state index in [1.165, 1.54) is 13.2 Å². The lowest BCUT2D eigenvalue weighted by Crippen LogP contribution is -2.50. The van der Waals surface area contributed by atoms with Crippen LogP contribution in [0.15, 0.2) is 28.8 Å². The summed E-state index contributed by atoms with van der Waals surface area (Å²) in [5.41, 5.74) is 1.02. The van der Waals surface area contributed by atoms with Crippen LogP contribution in [0.2, 0.25) is 0 Å². The van der Waals surface area contributed by atoms with Crippen molar-refractivity contribution >= 4 is 52.5 Å². The Labute approximate surface area is 242 Å². The molecule has 2 aliphatic rings. The van der Waals surface area contributed by atoms with Gasteiger partial charge in [0.25, 0.3) is 11.8 Å². The molecule has 0 spiro atoms. The zero-order chi connectivity index (χ0) is 29.1. The van der Waals surface area contributed by atoms with E-state index in [-0.39, 0.29) is 34.9 Å². The first-order chi connectivity index (χ1) is 19.6. The van der Waals surface area contributed by atoms with Gasteiger partial charge in [0.05, 0.1) is 54.1 Å². The normalized spacial score (nSPS) is 16.2. The van der Waals surface area contributed by atoms with Crippen LogP contribution in [0.4, 0.5) is 17.2 Å². The minimum absolute atomic E-state index is 0.0573. The number of nitrogens with zero attached hydrogens (tertiary/aromatic N) is 5. The molecule has 12 nitrogen and oxygen atoms in total. The van der Waals surface area contributed by atoms with Crippen LogP contribution in [-0.2, 0) is 11.3 Å². The summed E-state index contributed by atoms with van der Waals surface area (Å²) in [5, 5.41) is 18.3. The summed E-state index contributed by atoms with van der Waals surface area (Å²) in [6.45, 7) is 4.85. The molecular weight excluding hydrogens is 521 g/mol. The molecule has 6 radical (unpaired) electrons. The van der Waals surface area contributed by atoms with Gasteiger partial charge in [0.15, 0.2) is 23.1 Å². The first-order valence-electron chi connectivity index (χ1n) is 13.5. The smallest absolute Gasteiger partial charge is 0.272 e. The van der Waals surface area contributed by atoms with Gasteiger partial charge in [-0.25, -0.2) is 0 Å². The molecule has 1 aromatic carbocycles. The number of likely N-dealkylation sites (tertiary alicyclic amines) is 1. The van der Waals surface area contributed by atoms with Gasteiger partial charge in [0.1, 0.15) is 0 Å². The Morgan fingerprint density at radius 3 is 2.56 bits per heavy atom. The highest BCUT2D eigenvalue weighted by molar-refractivity contribution is 6.60. The van der Waals surface area contributed by atoms with Gasteiger partial charge in [0, 0.05) is 12.0 Å². The number of aromatic nitrogens is 4. The number of carbonyl (C=O) groups excluding carboxylic acids is 2. The van der Waals surface area contributed by atoms with Gasteiger partial charge in [-0.15, -0.1) is 10.2 Å². The monoisotopic (exact) mass is 550 g/mol. The fourth-order valence-electron chi connectivity index (χ4n) is 4.56. The Balaban J connectivity index is 1.42. The number of anilines is 3. The van der Waals surface area contributed by atoms with Crippen LogP contribution in [0.3, 0.4) is 0 Å². The van der Waals surface area contributed by atoms with Crippen molar-refractivity contribution in [3.05, 3.63) is 35.8 Å². The summed E-state index contributed by atoms with van der Waals surface area (Å²) < 4.78 is 11.3. The molecule has 1 saturated heterocycles. The number of rotatable bonds is 10. The molecule has 1 saturated carbocycles. The zero-order valence-electron chi connectivity index (χ0n) is 23.0. The van der Waals surface area contributed by atoms with Crippen molar-refractivity contribution in [3.63, 3.8) is 0 Å². The van der Waals surface area contributed by atoms with E-state index in [2.05, 4.69) is 48.1 Å². The first kappa shape index (κ1) is 28.7. The Hall–Kier alpha value is -3.87. The highest BCUT2D eigenvalue weighted by Gasteiger charge is 2.30. The third kappa shape index (κ3) is 7.26. The highest BCUT2D eigenvalue weighted by Crippen LogP contribution is 2.38. The van der Waals surface area contributed by atoms with Crippen molar-refractivity contribution in [1.29, 1.82) is 0 Å². The van der Waals surface area contributed by atoms with Crippen LogP contribution in [0.1, 0.15) is 48.9 Å². The van der Waals surface area contributed by atoms with Crippen LogP contribution in [0.25, 0.3) is 11.5 Å². The molecule has 1 aliphatic heterocycles. The van der Waals surface area contributed by atoms with E-state index in [0.29, 0.717) is 29.4 Å². The van der Waals surface area contributed by atoms with E-state index in [1.807, 2.05) is 0 Å². The molecule has 15 heteroatoms. The fraction of sp³-hybridized carbons (Fsp3) is 0.462. The average Bonchev–Trinajstić information content (AvgIpc) is 3.68. The molecule has 2 amide bonds. The molecule has 2 fully saturated rings. The second kappa shape index (κ2) is 11.9. The molecule has 3 N–H and O–H groups in total. The average molecular weight is 550 g/mol. The van der Waals surface area contributed by atoms with Gasteiger partial charge in [-0.1, -0.05) is 23.4 Å². The van der Waals surface area contributed by atoms with Crippen LogP contribution in [-0.4, -0.2) is 86.0 Å². The fourth-order valence-corrected chi connectivity index (χ4v) is 4.56. The lowest BCUT2D eigenvalue weighted by Gasteiger charge is -2.28. The van der Waals surface area contributed by atoms with Crippen molar-refractivity contribution in [2.75, 3.05) is 30.8 Å². The summed E-state index contributed by atoms with van der Waals surface area (Å²) >= 11 is 0. The van der Waals surface area contributed by atoms with E-state index in [4.69, 9.17) is 32.8 Å². The molecule has 206 valence electrons. The third-order valence-corrected chi connectivity index (χ3v) is 6.97. The topological polar surface area (TPSA) is 147 Å². The van der Waals surface area contributed by atoms with E-state index in [0.717, 1.165) is 44.7 Å². The van der Waals surface area contributed by atoms with E-state index in [9.17, 15) is 9.59 Å². The third-order valence-electron chi connectivity index (χ3n) is 6.97. The van der Waals surface area contributed by atoms with E-state index < -0.39 is 11.1 Å². The van der Waals surface area contributed by atoms with Crippen LogP contribution in [0.5, 0.6) is 5.75 Å². The quantitative estimate of drug-likeness (QED) is 0.319. The Kier molecular flexibility index (Phi) is 8.34. The summed E-state index contributed by atoms with van der Waals surface area (Å²) in [5.74, 6) is 1.12. The van der Waals surface area contributed by atoms with Crippen molar-refractivity contribution in [1.82, 2.24) is 30.6 Å². The molecule has 5 rings (SSSR count). The van der Waals surface area contributed by atoms with Gasteiger partial charge in [-0.3, -0.25) is 14.5 Å². The highest BCUT2D eigenvalue weighted by atomic mass is 16.5. The van der Waals surface area contributed by atoms with Crippen LogP contribution in [0, 0.1) is 11.8 Å². The zero-order valence-corrected chi connectivity index (χ0v) is 23.0. The Bertz CT molecular complexity index is 1420. The standard InChI is InChI=1S/C26H29B3N8O4/c1-14-8-10-37(11-9-14)13-20-32-25(41-36-20)16-4-3-5-17(22(16)40-2)30-18-12-19(31-23(38)15-6-7-15)34-35-21(18)24(39)33-26(27,28)29/h3-5,12,14-15H,6-11,13H2,1-2H3,(H,33,39)(H2,30,31,34,38). The van der Waals surface area contributed by atoms with E-state index >= 15 is 0 Å². The maximum Gasteiger partial charge on any atom is 0.272 e. The van der Waals surface area contributed by atoms with E-state index in [1.54, 1.807) is 18.2 Å². The van der Waals surface area contributed by atoms with Crippen LogP contribution < -0.4 is 20.7 Å². The molecule has 0 unspecified atom stereocenters. The van der Waals surface area contributed by atoms with Crippen molar-refractivity contribution in [2.24, 2.45) is 11.8 Å². The summed E-state index contributed by atoms with van der Waals surface area (Å²) in [4.78, 5) is 32.1. The number of amides is 2. The van der Waals surface area contributed by atoms with Crippen molar-refractivity contribution in [2.45, 2.75) is 44.4 Å². The lowest BCUT2D eigenvalue weighted by atomic mass is 9.49. The summed E-state index contributed by atoms with van der Waals surface area (Å²) in [7, 11) is 18.2. The first-order valence-corrected chi connectivity index (χ1v) is 13.5. The lowest BCUT2D eigenvalue weighted by molar-refractivity contribution is -0.117. The number of hydrogen-bond donors (Lipinski definition) is 3. The molecule has 3 aromatic rings. The Morgan fingerprint density at radius 2 is 1.88 bits per heavy atom. The SMILES string of the molecule is [B]C([B])([B])NC(=O)c1nnc(NC(=O)C2CC2)cc1Nc1cccc(-c2nc(CN3CCC(C)CC3)no2)c1OC. The summed E-state index contributed by atoms with van der Waals surface area (Å²) in [6.07, 6.45) is 3.92. The molecular formula is C26H29B3N8O4. The van der Waals surface area contributed by atoms with Crippen LogP contribution >= 0.6 is 0 Å². The number of nitrogens with one attached hydrogen (secondary N) is 3. The molecule has 0 bridgehead atoms. The minimum Gasteiger partial charge on any atom is -0.494 e. The largest absolute Gasteiger partial charge is 0.494 e. The molecule has 2 aromatic heterocycles. The number of methoxy groups -OCH3 is 1. The predicted octanol–water partition coefficient (Wildman–Crippen LogP) is 1.71. The van der Waals surface area contributed by atoms with Gasteiger partial charge < -0.3 is 25.2 Å². The number of carbonyl (C=O) groups is 2. The number of piperidine rings is 1. The molecule has 1 aliphatic carbocycles. The summed E-state index contributed by atoms with van der Waals surface area (Å²) in [6, 6.07) is 6.77. The number of ether oxygens (including phenoxy) is 1. The maximum absolute atomic E-state index is 12.9. The molecule has 0 atom stereocenters. The van der Waals surface area contributed by atoms with Gasteiger partial charge in [-0.2, -0.15) is 4.98 Å². The van der Waals surface area contributed by atoms with Crippen molar-refractivity contribution in [3.8, 4) is 17.2 Å². The second-order valence-electron chi connectivity index (χ2n) is 10.6. The van der Waals surface area contributed by atoms with Gasteiger partial charge in [-0.05, 0) is 56.8 Å². The number of para-hydroxylation sites is 1. The minimum atomic E-state index is -1.99. The van der Waals surface area contributed by atoms with Gasteiger partial charge in [0.2, 0.25) is 5.91 Å². The predicted molar refractivity (Wildman–Crippen MR) is 154 cm³/mol. The van der Waals surface area contributed by atoms with Crippen molar-refractivity contribution < 1.29 is 18.8 Å². The maximum atomic E-state index is 12.9.